The molecule has 1 unspecified atom stereocenters. The number of carbonyl (C=O) groups is 1. The number of aromatic nitrogens is 2. The van der Waals surface area contributed by atoms with Gasteiger partial charge in [0.15, 0.2) is 0 Å². The van der Waals surface area contributed by atoms with Crippen molar-refractivity contribution in [2.75, 3.05) is 12.4 Å². The minimum absolute atomic E-state index is 0.0449. The highest BCUT2D eigenvalue weighted by atomic mass is 32.1. The van der Waals surface area contributed by atoms with Crippen molar-refractivity contribution in [3.05, 3.63) is 40.5 Å². The normalized spacial score (nSPS) is 11.9. The van der Waals surface area contributed by atoms with Crippen molar-refractivity contribution in [1.82, 2.24) is 15.3 Å². The third-order valence-electron chi connectivity index (χ3n) is 2.74. The zero-order chi connectivity index (χ0) is 13.7. The minimum atomic E-state index is -0.128. The molecule has 0 saturated heterocycles. The van der Waals surface area contributed by atoms with Crippen LogP contribution < -0.4 is 10.6 Å². The highest BCUT2D eigenvalue weighted by Gasteiger charge is 2.16. The van der Waals surface area contributed by atoms with Crippen LogP contribution in [-0.2, 0) is 0 Å². The Kier molecular flexibility index (Phi) is 4.46. The Labute approximate surface area is 116 Å². The molecule has 5 nitrogen and oxygen atoms in total. The predicted octanol–water partition coefficient (Wildman–Crippen LogP) is 2.46. The minimum Gasteiger partial charge on any atom is -0.373 e. The fraction of sp³-hybridized carbons (Fsp3) is 0.308. The van der Waals surface area contributed by atoms with Crippen LogP contribution in [0.25, 0.3) is 0 Å². The smallest absolute Gasteiger partial charge is 0.253 e. The summed E-state index contributed by atoms with van der Waals surface area (Å²) in [6.45, 7) is 2.02. The summed E-state index contributed by atoms with van der Waals surface area (Å²) < 4.78 is 0. The van der Waals surface area contributed by atoms with E-state index in [1.54, 1.807) is 42.9 Å². The summed E-state index contributed by atoms with van der Waals surface area (Å²) in [6, 6.07) is 3.48. The SMILES string of the molecule is CCC(NC(=O)c1ccc(NC)nc1)c1nccs1. The highest BCUT2D eigenvalue weighted by molar-refractivity contribution is 7.09. The maximum atomic E-state index is 12.1. The van der Waals surface area contributed by atoms with E-state index in [0.717, 1.165) is 17.2 Å². The van der Waals surface area contributed by atoms with Crippen LogP contribution in [0.15, 0.2) is 29.9 Å². The monoisotopic (exact) mass is 276 g/mol. The zero-order valence-corrected chi connectivity index (χ0v) is 11.7. The van der Waals surface area contributed by atoms with Gasteiger partial charge >= 0.3 is 0 Å². The Hall–Kier alpha value is -1.95. The summed E-state index contributed by atoms with van der Waals surface area (Å²) in [5.74, 6) is 0.612. The second-order valence-corrected chi connectivity index (χ2v) is 4.91. The lowest BCUT2D eigenvalue weighted by atomic mass is 10.2. The molecule has 0 aliphatic heterocycles. The van der Waals surface area contributed by atoms with Crippen molar-refractivity contribution in [3.8, 4) is 0 Å². The van der Waals surface area contributed by atoms with E-state index in [1.165, 1.54) is 0 Å². The lowest BCUT2D eigenvalue weighted by Gasteiger charge is -2.14. The largest absolute Gasteiger partial charge is 0.373 e. The van der Waals surface area contributed by atoms with E-state index in [9.17, 15) is 4.79 Å². The fourth-order valence-electron chi connectivity index (χ4n) is 1.66. The fourth-order valence-corrected chi connectivity index (χ4v) is 2.44. The summed E-state index contributed by atoms with van der Waals surface area (Å²) in [7, 11) is 1.79. The van der Waals surface area contributed by atoms with Crippen LogP contribution in [0.2, 0.25) is 0 Å². The highest BCUT2D eigenvalue weighted by Crippen LogP contribution is 2.19. The number of hydrogen-bond donors (Lipinski definition) is 2. The molecule has 2 aromatic heterocycles. The van der Waals surface area contributed by atoms with Gasteiger partial charge in [-0.3, -0.25) is 4.79 Å². The average Bonchev–Trinajstić information content (AvgIpc) is 2.98. The van der Waals surface area contributed by atoms with Crippen LogP contribution in [0.4, 0.5) is 5.82 Å². The molecule has 0 aliphatic rings. The van der Waals surface area contributed by atoms with E-state index in [1.807, 2.05) is 12.3 Å². The molecule has 2 N–H and O–H groups in total. The van der Waals surface area contributed by atoms with Gasteiger partial charge in [0, 0.05) is 24.8 Å². The number of thiazole rings is 1. The number of nitrogens with one attached hydrogen (secondary N) is 2. The second-order valence-electron chi connectivity index (χ2n) is 3.99. The number of carbonyl (C=O) groups excluding carboxylic acids is 1. The Morgan fingerprint density at radius 1 is 1.42 bits per heavy atom. The van der Waals surface area contributed by atoms with Crippen molar-refractivity contribution in [2.45, 2.75) is 19.4 Å². The summed E-state index contributed by atoms with van der Waals surface area (Å²) >= 11 is 1.55. The first kappa shape index (κ1) is 13.5. The van der Waals surface area contributed by atoms with Crippen LogP contribution in [0, 0.1) is 0 Å². The Balaban J connectivity index is 2.06. The van der Waals surface area contributed by atoms with E-state index in [2.05, 4.69) is 20.6 Å². The van der Waals surface area contributed by atoms with Gasteiger partial charge in [-0.05, 0) is 18.6 Å². The van der Waals surface area contributed by atoms with Gasteiger partial charge in [0.2, 0.25) is 0 Å². The van der Waals surface area contributed by atoms with Crippen LogP contribution in [0.3, 0.4) is 0 Å². The molecule has 0 saturated carbocycles. The molecule has 2 heterocycles. The van der Waals surface area contributed by atoms with Crippen molar-refractivity contribution >= 4 is 23.1 Å². The Morgan fingerprint density at radius 3 is 2.79 bits per heavy atom. The topological polar surface area (TPSA) is 66.9 Å². The van der Waals surface area contributed by atoms with Gasteiger partial charge in [0.25, 0.3) is 5.91 Å². The molecule has 100 valence electrons. The number of amides is 1. The van der Waals surface area contributed by atoms with Crippen LogP contribution in [-0.4, -0.2) is 22.9 Å². The molecule has 1 amide bonds. The van der Waals surface area contributed by atoms with Gasteiger partial charge in [-0.1, -0.05) is 6.92 Å². The second kappa shape index (κ2) is 6.29. The number of anilines is 1. The van der Waals surface area contributed by atoms with Gasteiger partial charge < -0.3 is 10.6 Å². The molecule has 19 heavy (non-hydrogen) atoms. The summed E-state index contributed by atoms with van der Waals surface area (Å²) in [6.07, 6.45) is 4.12. The molecule has 0 fully saturated rings. The molecular formula is C13H16N4OS. The van der Waals surface area contributed by atoms with Crippen molar-refractivity contribution in [2.24, 2.45) is 0 Å². The Bertz CT molecular complexity index is 524. The molecule has 0 aromatic carbocycles. The van der Waals surface area contributed by atoms with Crippen molar-refractivity contribution in [3.63, 3.8) is 0 Å². The molecule has 1 atom stereocenters. The van der Waals surface area contributed by atoms with Gasteiger partial charge in [-0.15, -0.1) is 11.3 Å². The zero-order valence-electron chi connectivity index (χ0n) is 10.9. The van der Waals surface area contributed by atoms with Gasteiger partial charge in [0.1, 0.15) is 10.8 Å². The molecule has 2 aromatic rings. The van der Waals surface area contributed by atoms with E-state index in [-0.39, 0.29) is 11.9 Å². The summed E-state index contributed by atoms with van der Waals surface area (Å²) in [5, 5.41) is 8.72. The van der Waals surface area contributed by atoms with Crippen LogP contribution in [0.1, 0.15) is 34.8 Å². The number of nitrogens with zero attached hydrogens (tertiary/aromatic N) is 2. The third-order valence-corrected chi connectivity index (χ3v) is 3.63. The molecule has 0 spiro atoms. The molecule has 0 aliphatic carbocycles. The van der Waals surface area contributed by atoms with E-state index in [4.69, 9.17) is 0 Å². The van der Waals surface area contributed by atoms with E-state index >= 15 is 0 Å². The maximum absolute atomic E-state index is 12.1. The van der Waals surface area contributed by atoms with Crippen LogP contribution >= 0.6 is 11.3 Å². The molecule has 2 rings (SSSR count). The average molecular weight is 276 g/mol. The van der Waals surface area contributed by atoms with E-state index < -0.39 is 0 Å². The number of hydrogen-bond acceptors (Lipinski definition) is 5. The molecule has 0 radical (unpaired) electrons. The first-order valence-corrected chi connectivity index (χ1v) is 6.96. The third kappa shape index (κ3) is 3.29. The maximum Gasteiger partial charge on any atom is 0.253 e. The standard InChI is InChI=1S/C13H16N4OS/c1-3-10(13-15-6-7-19-13)17-12(18)9-4-5-11(14-2)16-8-9/h4-8,10H,3H2,1-2H3,(H,14,16)(H,17,18). The lowest BCUT2D eigenvalue weighted by Crippen LogP contribution is -2.28. The summed E-state index contributed by atoms with van der Waals surface area (Å²) in [5.41, 5.74) is 0.550. The number of pyridine rings is 1. The van der Waals surface area contributed by atoms with Gasteiger partial charge in [0.05, 0.1) is 11.6 Å². The van der Waals surface area contributed by atoms with Gasteiger partial charge in [-0.2, -0.15) is 0 Å². The van der Waals surface area contributed by atoms with Crippen molar-refractivity contribution < 1.29 is 4.79 Å². The van der Waals surface area contributed by atoms with E-state index in [0.29, 0.717) is 5.56 Å². The van der Waals surface area contributed by atoms with Crippen LogP contribution in [0.5, 0.6) is 0 Å². The quantitative estimate of drug-likeness (QED) is 0.880. The molecule has 0 bridgehead atoms. The molecule has 6 heteroatoms. The number of rotatable bonds is 5. The van der Waals surface area contributed by atoms with Crippen molar-refractivity contribution in [1.29, 1.82) is 0 Å². The van der Waals surface area contributed by atoms with Gasteiger partial charge in [-0.25, -0.2) is 9.97 Å². The Morgan fingerprint density at radius 2 is 2.26 bits per heavy atom. The first-order chi connectivity index (χ1) is 9.24. The lowest BCUT2D eigenvalue weighted by molar-refractivity contribution is 0.0935. The summed E-state index contributed by atoms with van der Waals surface area (Å²) in [4.78, 5) is 20.5. The molecular weight excluding hydrogens is 260 g/mol. The predicted molar refractivity (Wildman–Crippen MR) is 76.4 cm³/mol. The first-order valence-electron chi connectivity index (χ1n) is 6.08.